The highest BCUT2D eigenvalue weighted by Gasteiger charge is 2.20. The predicted molar refractivity (Wildman–Crippen MR) is 115 cm³/mol. The van der Waals surface area contributed by atoms with Crippen molar-refractivity contribution in [3.05, 3.63) is 58.8 Å². The summed E-state index contributed by atoms with van der Waals surface area (Å²) in [4.78, 5) is 0. The molecule has 0 radical (unpaired) electrons. The van der Waals surface area contributed by atoms with Gasteiger partial charge >= 0.3 is 0 Å². The number of furan rings is 1. The monoisotopic (exact) mass is 446 g/mol. The van der Waals surface area contributed by atoms with Crippen molar-refractivity contribution in [1.29, 1.82) is 0 Å². The molecule has 1 aliphatic rings. The zero-order valence-electron chi connectivity index (χ0n) is 17.3. The third-order valence-electron chi connectivity index (χ3n) is 4.99. The van der Waals surface area contributed by atoms with Crippen LogP contribution in [0.15, 0.2) is 45.0 Å². The number of fused-ring (bicyclic) bond motifs is 1. The average Bonchev–Trinajstić information content (AvgIpc) is 3.50. The molecule has 2 aromatic heterocycles. The van der Waals surface area contributed by atoms with Crippen LogP contribution in [0.4, 0.5) is 8.78 Å². The number of aryl methyl sites for hydroxylation is 2. The molecule has 31 heavy (non-hydrogen) atoms. The lowest BCUT2D eigenvalue weighted by Gasteiger charge is -2.06. The standard InChI is InChI=1S/C22H24F2N4O2S/c1-2-3-11-31-22-27-26-21(20(23)24)28(22)25-13-18-9-10-19(30-18)14-29-17-8-7-15-5-4-6-16(15)12-17/h7-10,12-13,20H,2-6,11,14H2,1H3/b25-13-. The maximum atomic E-state index is 13.3. The van der Waals surface area contributed by atoms with Gasteiger partial charge in [-0.25, -0.2) is 8.78 Å². The Morgan fingerprint density at radius 1 is 1.23 bits per heavy atom. The molecular formula is C22H24F2N4O2S. The van der Waals surface area contributed by atoms with Crippen molar-refractivity contribution >= 4 is 18.0 Å². The Labute approximate surface area is 183 Å². The Morgan fingerprint density at radius 2 is 2.10 bits per heavy atom. The number of hydrogen-bond acceptors (Lipinski definition) is 6. The van der Waals surface area contributed by atoms with Gasteiger partial charge in [0.15, 0.2) is 0 Å². The minimum atomic E-state index is -2.77. The van der Waals surface area contributed by atoms with Gasteiger partial charge in [-0.1, -0.05) is 31.2 Å². The smallest absolute Gasteiger partial charge is 0.299 e. The topological polar surface area (TPSA) is 65.4 Å². The van der Waals surface area contributed by atoms with Gasteiger partial charge in [0.05, 0.1) is 6.21 Å². The normalized spacial score (nSPS) is 13.4. The van der Waals surface area contributed by atoms with E-state index >= 15 is 0 Å². The van der Waals surface area contributed by atoms with Crippen molar-refractivity contribution in [2.24, 2.45) is 5.10 Å². The number of nitrogens with zero attached hydrogens (tertiary/aromatic N) is 4. The van der Waals surface area contributed by atoms with Crippen LogP contribution in [-0.2, 0) is 19.4 Å². The summed E-state index contributed by atoms with van der Waals surface area (Å²) in [6.07, 6.45) is 4.01. The summed E-state index contributed by atoms with van der Waals surface area (Å²) < 4.78 is 39.1. The van der Waals surface area contributed by atoms with Gasteiger partial charge in [0.2, 0.25) is 11.0 Å². The molecule has 0 saturated heterocycles. The Morgan fingerprint density at radius 3 is 2.94 bits per heavy atom. The maximum absolute atomic E-state index is 13.3. The molecule has 3 aromatic rings. The molecule has 0 N–H and O–H groups in total. The molecule has 0 amide bonds. The SMILES string of the molecule is CCCCSc1nnc(C(F)F)n1/N=C\c1ccc(COc2ccc3c(c2)CCC3)o1. The molecule has 2 heterocycles. The summed E-state index contributed by atoms with van der Waals surface area (Å²) >= 11 is 1.36. The molecule has 1 aliphatic carbocycles. The zero-order chi connectivity index (χ0) is 21.6. The first-order valence-electron chi connectivity index (χ1n) is 10.4. The molecule has 0 atom stereocenters. The van der Waals surface area contributed by atoms with Crippen molar-refractivity contribution in [2.75, 3.05) is 5.75 Å². The molecule has 0 fully saturated rings. The van der Waals surface area contributed by atoms with E-state index in [0.29, 0.717) is 16.7 Å². The van der Waals surface area contributed by atoms with E-state index < -0.39 is 12.2 Å². The summed E-state index contributed by atoms with van der Waals surface area (Å²) in [6, 6.07) is 9.69. The number of aromatic nitrogens is 3. The van der Waals surface area contributed by atoms with Crippen molar-refractivity contribution in [2.45, 2.75) is 57.2 Å². The summed E-state index contributed by atoms with van der Waals surface area (Å²) in [7, 11) is 0. The van der Waals surface area contributed by atoms with Gasteiger partial charge in [-0.2, -0.15) is 9.78 Å². The fourth-order valence-corrected chi connectivity index (χ4v) is 4.34. The van der Waals surface area contributed by atoms with Gasteiger partial charge in [0.1, 0.15) is 23.9 Å². The van der Waals surface area contributed by atoms with E-state index in [-0.39, 0.29) is 6.61 Å². The highest BCUT2D eigenvalue weighted by Crippen LogP contribution is 2.27. The molecule has 0 bridgehead atoms. The van der Waals surface area contributed by atoms with E-state index in [9.17, 15) is 8.78 Å². The van der Waals surface area contributed by atoms with Crippen LogP contribution >= 0.6 is 11.8 Å². The molecule has 1 aromatic carbocycles. The van der Waals surface area contributed by atoms with Crippen molar-refractivity contribution in [3.63, 3.8) is 0 Å². The Kier molecular flexibility index (Phi) is 7.01. The molecule has 0 spiro atoms. The van der Waals surface area contributed by atoms with E-state index in [1.165, 1.54) is 35.5 Å². The summed E-state index contributed by atoms with van der Waals surface area (Å²) in [5.41, 5.74) is 2.74. The molecule has 0 aliphatic heterocycles. The number of thioether (sulfide) groups is 1. The minimum absolute atomic E-state index is 0.277. The Bertz CT molecular complexity index is 1050. The summed E-state index contributed by atoms with van der Waals surface area (Å²) in [5.74, 6) is 2.15. The van der Waals surface area contributed by atoms with Gasteiger partial charge in [-0.15, -0.1) is 10.2 Å². The van der Waals surface area contributed by atoms with E-state index in [1.807, 2.05) is 6.07 Å². The van der Waals surface area contributed by atoms with Crippen LogP contribution in [0.5, 0.6) is 5.75 Å². The minimum Gasteiger partial charge on any atom is -0.486 e. The van der Waals surface area contributed by atoms with Gasteiger partial charge in [0, 0.05) is 5.75 Å². The second-order valence-corrected chi connectivity index (χ2v) is 8.34. The van der Waals surface area contributed by atoms with E-state index in [2.05, 4.69) is 34.4 Å². The molecule has 0 unspecified atom stereocenters. The van der Waals surface area contributed by atoms with Crippen LogP contribution in [0.1, 0.15) is 61.1 Å². The summed E-state index contributed by atoms with van der Waals surface area (Å²) in [5, 5.41) is 11.9. The van der Waals surface area contributed by atoms with Crippen LogP contribution in [0.3, 0.4) is 0 Å². The number of hydrogen-bond donors (Lipinski definition) is 0. The number of halogens is 2. The average molecular weight is 447 g/mol. The van der Waals surface area contributed by atoms with Crippen molar-refractivity contribution in [1.82, 2.24) is 14.9 Å². The van der Waals surface area contributed by atoms with Gasteiger partial charge in [-0.05, 0) is 61.1 Å². The van der Waals surface area contributed by atoms with Crippen LogP contribution in [0.2, 0.25) is 0 Å². The fraction of sp³-hybridized carbons (Fsp3) is 0.409. The second kappa shape index (κ2) is 10.1. The second-order valence-electron chi connectivity index (χ2n) is 7.28. The lowest BCUT2D eigenvalue weighted by atomic mass is 10.1. The van der Waals surface area contributed by atoms with Crippen LogP contribution < -0.4 is 4.74 Å². The van der Waals surface area contributed by atoms with Gasteiger partial charge in [0.25, 0.3) is 6.43 Å². The van der Waals surface area contributed by atoms with E-state index in [0.717, 1.165) is 41.9 Å². The molecule has 164 valence electrons. The first-order valence-corrected chi connectivity index (χ1v) is 11.4. The van der Waals surface area contributed by atoms with Crippen molar-refractivity contribution < 1.29 is 17.9 Å². The third kappa shape index (κ3) is 5.33. The number of benzene rings is 1. The van der Waals surface area contributed by atoms with E-state index in [4.69, 9.17) is 9.15 Å². The highest BCUT2D eigenvalue weighted by atomic mass is 32.2. The largest absolute Gasteiger partial charge is 0.486 e. The number of alkyl halides is 2. The lowest BCUT2D eigenvalue weighted by molar-refractivity contribution is 0.135. The van der Waals surface area contributed by atoms with Crippen LogP contribution in [0, 0.1) is 0 Å². The first-order chi connectivity index (χ1) is 15.1. The maximum Gasteiger partial charge on any atom is 0.299 e. The molecule has 0 saturated carbocycles. The molecule has 6 nitrogen and oxygen atoms in total. The third-order valence-corrected chi connectivity index (χ3v) is 6.00. The van der Waals surface area contributed by atoms with Crippen molar-refractivity contribution in [3.8, 4) is 5.75 Å². The first kappa shape index (κ1) is 21.5. The molecule has 9 heteroatoms. The van der Waals surface area contributed by atoms with Gasteiger partial charge in [-0.3, -0.25) is 0 Å². The quantitative estimate of drug-likeness (QED) is 0.229. The number of unbranched alkanes of at least 4 members (excludes halogenated alkanes) is 1. The number of ether oxygens (including phenoxy) is 1. The highest BCUT2D eigenvalue weighted by molar-refractivity contribution is 7.99. The van der Waals surface area contributed by atoms with Gasteiger partial charge < -0.3 is 9.15 Å². The molecule has 4 rings (SSSR count). The Balaban J connectivity index is 1.41. The van der Waals surface area contributed by atoms with Crippen LogP contribution in [-0.4, -0.2) is 26.8 Å². The van der Waals surface area contributed by atoms with E-state index in [1.54, 1.807) is 12.1 Å². The lowest BCUT2D eigenvalue weighted by Crippen LogP contribution is -2.01. The predicted octanol–water partition coefficient (Wildman–Crippen LogP) is 5.65. The summed E-state index contributed by atoms with van der Waals surface area (Å²) in [6.45, 7) is 2.34. The fourth-order valence-electron chi connectivity index (χ4n) is 3.37. The van der Waals surface area contributed by atoms with Crippen LogP contribution in [0.25, 0.3) is 0 Å². The molecular weight excluding hydrogens is 422 g/mol. The Hall–Kier alpha value is -2.68. The zero-order valence-corrected chi connectivity index (χ0v) is 18.1. The number of rotatable bonds is 10.